The normalized spacial score (nSPS) is 16.5. The molecule has 0 bridgehead atoms. The Balaban J connectivity index is 1.99. The maximum atomic E-state index is 11.6. The fourth-order valence-electron chi connectivity index (χ4n) is 1.88. The zero-order valence-corrected chi connectivity index (χ0v) is 10.2. The average molecular weight is 233 g/mol. The molecule has 92 valence electrons. The van der Waals surface area contributed by atoms with Gasteiger partial charge in [0.05, 0.1) is 13.0 Å². The lowest BCUT2D eigenvalue weighted by Crippen LogP contribution is -2.26. The van der Waals surface area contributed by atoms with Crippen molar-refractivity contribution >= 4 is 5.97 Å². The molecule has 1 fully saturated rings. The zero-order valence-electron chi connectivity index (χ0n) is 10.2. The Labute approximate surface area is 102 Å². The van der Waals surface area contributed by atoms with Crippen LogP contribution in [0.3, 0.4) is 0 Å². The molecule has 0 saturated heterocycles. The lowest BCUT2D eigenvalue weighted by atomic mass is 10.0. The monoisotopic (exact) mass is 233 g/mol. The van der Waals surface area contributed by atoms with Crippen LogP contribution in [0, 0.1) is 0 Å². The van der Waals surface area contributed by atoms with Crippen molar-refractivity contribution in [1.29, 1.82) is 0 Å². The summed E-state index contributed by atoms with van der Waals surface area (Å²) in [5.41, 5.74) is 1.16. The molecule has 1 aliphatic rings. The minimum atomic E-state index is -0.130. The van der Waals surface area contributed by atoms with Crippen molar-refractivity contribution in [2.75, 3.05) is 6.61 Å². The molecule has 0 spiro atoms. The van der Waals surface area contributed by atoms with E-state index in [0.29, 0.717) is 19.1 Å². The molecule has 1 N–H and O–H groups in total. The highest BCUT2D eigenvalue weighted by Gasteiger charge is 2.26. The predicted octanol–water partition coefficient (Wildman–Crippen LogP) is 2.43. The number of ether oxygens (including phenoxy) is 1. The van der Waals surface area contributed by atoms with Crippen LogP contribution in [0.1, 0.15) is 37.8 Å². The minimum Gasteiger partial charge on any atom is -0.466 e. The predicted molar refractivity (Wildman–Crippen MR) is 66.6 cm³/mol. The molecule has 3 nitrogen and oxygen atoms in total. The quantitative estimate of drug-likeness (QED) is 0.767. The second kappa shape index (κ2) is 5.82. The minimum absolute atomic E-state index is 0.0859. The average Bonchev–Trinajstić information content (AvgIpc) is 3.14. The summed E-state index contributed by atoms with van der Waals surface area (Å²) in [7, 11) is 0. The molecule has 0 aromatic heterocycles. The number of nitrogens with one attached hydrogen (secondary N) is 1. The number of benzene rings is 1. The Morgan fingerprint density at radius 1 is 1.41 bits per heavy atom. The highest BCUT2D eigenvalue weighted by Crippen LogP contribution is 2.26. The SMILES string of the molecule is CCOC(=O)C[C@@H](NC1CC1)c1ccccc1. The number of carbonyl (C=O) groups excluding carboxylic acids is 1. The highest BCUT2D eigenvalue weighted by atomic mass is 16.5. The summed E-state index contributed by atoms with van der Waals surface area (Å²) < 4.78 is 5.02. The molecule has 0 aliphatic heterocycles. The van der Waals surface area contributed by atoms with E-state index < -0.39 is 0 Å². The smallest absolute Gasteiger partial charge is 0.307 e. The standard InChI is InChI=1S/C14H19NO2/c1-2-17-14(16)10-13(15-12-8-9-12)11-6-4-3-5-7-11/h3-7,12-13,15H,2,8-10H2,1H3/t13-/m1/s1. The van der Waals surface area contributed by atoms with Crippen molar-refractivity contribution in [2.24, 2.45) is 0 Å². The maximum absolute atomic E-state index is 11.6. The van der Waals surface area contributed by atoms with Crippen molar-refractivity contribution in [2.45, 2.75) is 38.3 Å². The van der Waals surface area contributed by atoms with Crippen LogP contribution in [0.15, 0.2) is 30.3 Å². The van der Waals surface area contributed by atoms with Gasteiger partial charge in [-0.15, -0.1) is 0 Å². The largest absolute Gasteiger partial charge is 0.466 e. The maximum Gasteiger partial charge on any atom is 0.307 e. The lowest BCUT2D eigenvalue weighted by Gasteiger charge is -2.18. The lowest BCUT2D eigenvalue weighted by molar-refractivity contribution is -0.143. The van der Waals surface area contributed by atoms with Crippen molar-refractivity contribution in [3.63, 3.8) is 0 Å². The summed E-state index contributed by atoms with van der Waals surface area (Å²) >= 11 is 0. The third-order valence-electron chi connectivity index (χ3n) is 2.89. The van der Waals surface area contributed by atoms with Crippen LogP contribution in [0.5, 0.6) is 0 Å². The number of carbonyl (C=O) groups is 1. The van der Waals surface area contributed by atoms with Gasteiger partial charge in [0.2, 0.25) is 0 Å². The van der Waals surface area contributed by atoms with Gasteiger partial charge < -0.3 is 10.1 Å². The first-order chi connectivity index (χ1) is 8.29. The van der Waals surface area contributed by atoms with Crippen LogP contribution in [0.4, 0.5) is 0 Å². The van der Waals surface area contributed by atoms with Gasteiger partial charge in [0.1, 0.15) is 0 Å². The van der Waals surface area contributed by atoms with Gasteiger partial charge in [-0.3, -0.25) is 4.79 Å². The molecule has 1 aromatic carbocycles. The van der Waals surface area contributed by atoms with Crippen LogP contribution in [-0.2, 0) is 9.53 Å². The summed E-state index contributed by atoms with van der Waals surface area (Å²) in [6.45, 7) is 2.29. The molecule has 1 atom stereocenters. The number of esters is 1. The van der Waals surface area contributed by atoms with Crippen LogP contribution in [0.25, 0.3) is 0 Å². The second-order valence-electron chi connectivity index (χ2n) is 4.41. The number of hydrogen-bond donors (Lipinski definition) is 1. The van der Waals surface area contributed by atoms with E-state index in [1.165, 1.54) is 12.8 Å². The second-order valence-corrected chi connectivity index (χ2v) is 4.41. The van der Waals surface area contributed by atoms with Gasteiger partial charge in [0.15, 0.2) is 0 Å². The summed E-state index contributed by atoms with van der Waals surface area (Å²) in [4.78, 5) is 11.6. The molecule has 1 aliphatic carbocycles. The molecule has 3 heteroatoms. The van der Waals surface area contributed by atoms with E-state index in [1.54, 1.807) is 0 Å². The summed E-state index contributed by atoms with van der Waals surface area (Å²) in [5.74, 6) is -0.130. The van der Waals surface area contributed by atoms with Gasteiger partial charge >= 0.3 is 5.97 Å². The third-order valence-corrected chi connectivity index (χ3v) is 2.89. The summed E-state index contributed by atoms with van der Waals surface area (Å²) in [5, 5.41) is 3.50. The molecule has 1 aromatic rings. The molecule has 0 unspecified atom stereocenters. The van der Waals surface area contributed by atoms with E-state index in [4.69, 9.17) is 4.74 Å². The molecule has 0 radical (unpaired) electrons. The molecule has 17 heavy (non-hydrogen) atoms. The summed E-state index contributed by atoms with van der Waals surface area (Å²) in [6, 6.07) is 10.8. The van der Waals surface area contributed by atoms with Gasteiger partial charge in [-0.2, -0.15) is 0 Å². The van der Waals surface area contributed by atoms with Crippen LogP contribution in [-0.4, -0.2) is 18.6 Å². The molecular formula is C14H19NO2. The molecule has 0 heterocycles. The van der Waals surface area contributed by atoms with E-state index in [9.17, 15) is 4.79 Å². The van der Waals surface area contributed by atoms with Gasteiger partial charge in [-0.1, -0.05) is 30.3 Å². The van der Waals surface area contributed by atoms with Crippen LogP contribution in [0.2, 0.25) is 0 Å². The van der Waals surface area contributed by atoms with Gasteiger partial charge in [-0.05, 0) is 25.3 Å². The first-order valence-corrected chi connectivity index (χ1v) is 6.26. The van der Waals surface area contributed by atoms with E-state index in [-0.39, 0.29) is 12.0 Å². The van der Waals surface area contributed by atoms with Crippen molar-refractivity contribution in [3.05, 3.63) is 35.9 Å². The number of hydrogen-bond acceptors (Lipinski definition) is 3. The van der Waals surface area contributed by atoms with Crippen molar-refractivity contribution in [3.8, 4) is 0 Å². The Morgan fingerprint density at radius 3 is 2.71 bits per heavy atom. The molecule has 1 saturated carbocycles. The van der Waals surface area contributed by atoms with E-state index in [1.807, 2.05) is 25.1 Å². The molecule has 2 rings (SSSR count). The van der Waals surface area contributed by atoms with Crippen LogP contribution < -0.4 is 5.32 Å². The van der Waals surface area contributed by atoms with E-state index in [0.717, 1.165) is 5.56 Å². The van der Waals surface area contributed by atoms with Crippen LogP contribution >= 0.6 is 0 Å². The topological polar surface area (TPSA) is 38.3 Å². The van der Waals surface area contributed by atoms with E-state index in [2.05, 4.69) is 17.4 Å². The fourth-order valence-corrected chi connectivity index (χ4v) is 1.88. The van der Waals surface area contributed by atoms with Crippen molar-refractivity contribution < 1.29 is 9.53 Å². The van der Waals surface area contributed by atoms with Crippen molar-refractivity contribution in [1.82, 2.24) is 5.32 Å². The Bertz CT molecular complexity index is 360. The molecular weight excluding hydrogens is 214 g/mol. The Kier molecular flexibility index (Phi) is 4.15. The zero-order chi connectivity index (χ0) is 12.1. The van der Waals surface area contributed by atoms with E-state index >= 15 is 0 Å². The Morgan fingerprint density at radius 2 is 2.12 bits per heavy atom. The van der Waals surface area contributed by atoms with Gasteiger partial charge in [0, 0.05) is 12.1 Å². The first-order valence-electron chi connectivity index (χ1n) is 6.26. The molecule has 0 amide bonds. The first kappa shape index (κ1) is 12.1. The third kappa shape index (κ3) is 3.86. The fraction of sp³-hybridized carbons (Fsp3) is 0.500. The van der Waals surface area contributed by atoms with Gasteiger partial charge in [-0.25, -0.2) is 0 Å². The summed E-state index contributed by atoms with van der Waals surface area (Å²) in [6.07, 6.45) is 2.84. The Hall–Kier alpha value is -1.35. The van der Waals surface area contributed by atoms with Gasteiger partial charge in [0.25, 0.3) is 0 Å². The highest BCUT2D eigenvalue weighted by molar-refractivity contribution is 5.70. The number of rotatable bonds is 6.